The molecule has 90 valence electrons. The van der Waals surface area contributed by atoms with Crippen LogP contribution in [-0.2, 0) is 9.53 Å². The van der Waals surface area contributed by atoms with Crippen LogP contribution in [0.4, 0.5) is 5.69 Å². The lowest BCUT2D eigenvalue weighted by atomic mass is 10.3. The lowest BCUT2D eigenvalue weighted by molar-refractivity contribution is -0.119. The van der Waals surface area contributed by atoms with E-state index < -0.39 is 0 Å². The molecule has 0 radical (unpaired) electrons. The zero-order valence-corrected chi connectivity index (χ0v) is 10.0. The van der Waals surface area contributed by atoms with E-state index in [4.69, 9.17) is 4.74 Å². The minimum atomic E-state index is -0.192. The first-order valence-electron chi connectivity index (χ1n) is 5.22. The molecule has 0 saturated carbocycles. The number of rotatable bonds is 3. The number of nitrogens with zero attached hydrogens (tertiary/aromatic N) is 3. The minimum Gasteiger partial charge on any atom is -0.375 e. The maximum atomic E-state index is 11.4. The number of ether oxygens (including phenoxy) is 1. The molecule has 2 aromatic heterocycles. The van der Waals surface area contributed by atoms with Crippen molar-refractivity contribution in [2.45, 2.75) is 13.8 Å². The van der Waals surface area contributed by atoms with Crippen molar-refractivity contribution < 1.29 is 9.53 Å². The van der Waals surface area contributed by atoms with Crippen molar-refractivity contribution in [1.82, 2.24) is 14.6 Å². The van der Waals surface area contributed by atoms with Gasteiger partial charge in [-0.1, -0.05) is 0 Å². The summed E-state index contributed by atoms with van der Waals surface area (Å²) in [6.07, 6.45) is 1.73. The monoisotopic (exact) mass is 234 g/mol. The Labute approximate surface area is 98.6 Å². The number of aryl methyl sites for hydroxylation is 2. The summed E-state index contributed by atoms with van der Waals surface area (Å²) < 4.78 is 6.41. The number of fused-ring (bicyclic) bond motifs is 1. The minimum absolute atomic E-state index is 0.0352. The highest BCUT2D eigenvalue weighted by atomic mass is 16.5. The van der Waals surface area contributed by atoms with Gasteiger partial charge in [0.25, 0.3) is 0 Å². The molecular formula is C11H14N4O2. The van der Waals surface area contributed by atoms with Gasteiger partial charge in [0, 0.05) is 7.11 Å². The van der Waals surface area contributed by atoms with Crippen molar-refractivity contribution in [2.75, 3.05) is 19.0 Å². The molecule has 0 aromatic carbocycles. The first-order valence-corrected chi connectivity index (χ1v) is 5.22. The van der Waals surface area contributed by atoms with Gasteiger partial charge in [0.2, 0.25) is 5.91 Å². The molecular weight excluding hydrogens is 220 g/mol. The highest BCUT2D eigenvalue weighted by molar-refractivity contribution is 5.91. The van der Waals surface area contributed by atoms with Crippen LogP contribution in [0.3, 0.4) is 0 Å². The number of aromatic nitrogens is 3. The molecule has 0 bridgehead atoms. The van der Waals surface area contributed by atoms with Crippen LogP contribution in [0, 0.1) is 13.8 Å². The molecule has 2 rings (SSSR count). The van der Waals surface area contributed by atoms with E-state index in [1.807, 2.05) is 19.9 Å². The van der Waals surface area contributed by atoms with E-state index >= 15 is 0 Å². The van der Waals surface area contributed by atoms with Crippen LogP contribution in [-0.4, -0.2) is 34.2 Å². The summed E-state index contributed by atoms with van der Waals surface area (Å²) in [7, 11) is 1.48. The Morgan fingerprint density at radius 2 is 2.29 bits per heavy atom. The van der Waals surface area contributed by atoms with Crippen LogP contribution in [0.25, 0.3) is 5.65 Å². The molecule has 2 heterocycles. The lowest BCUT2D eigenvalue weighted by Crippen LogP contribution is -2.17. The first kappa shape index (κ1) is 11.5. The number of carbonyl (C=O) groups excluding carboxylic acids is 1. The van der Waals surface area contributed by atoms with Crippen LogP contribution in [0.15, 0.2) is 12.3 Å². The van der Waals surface area contributed by atoms with E-state index in [0.717, 1.165) is 11.2 Å². The Bertz CT molecular complexity index is 562. The van der Waals surface area contributed by atoms with Crippen molar-refractivity contribution in [2.24, 2.45) is 0 Å². The number of amides is 1. The molecule has 1 N–H and O–H groups in total. The van der Waals surface area contributed by atoms with Gasteiger partial charge in [-0.25, -0.2) is 9.50 Å². The van der Waals surface area contributed by atoms with Gasteiger partial charge in [-0.3, -0.25) is 4.79 Å². The number of hydrogen-bond acceptors (Lipinski definition) is 4. The van der Waals surface area contributed by atoms with Gasteiger partial charge < -0.3 is 10.1 Å². The molecule has 0 aliphatic rings. The fraction of sp³-hybridized carbons (Fsp3) is 0.364. The van der Waals surface area contributed by atoms with Crippen LogP contribution in [0.5, 0.6) is 0 Å². The van der Waals surface area contributed by atoms with Crippen molar-refractivity contribution in [3.63, 3.8) is 0 Å². The largest absolute Gasteiger partial charge is 0.375 e. The number of anilines is 1. The van der Waals surface area contributed by atoms with Gasteiger partial charge in [-0.05, 0) is 25.5 Å². The third kappa shape index (κ3) is 2.42. The van der Waals surface area contributed by atoms with Gasteiger partial charge in [0.05, 0.1) is 11.9 Å². The molecule has 0 fully saturated rings. The average molecular weight is 234 g/mol. The number of hydrogen-bond donors (Lipinski definition) is 1. The van der Waals surface area contributed by atoms with Gasteiger partial charge in [-0.15, -0.1) is 0 Å². The van der Waals surface area contributed by atoms with Gasteiger partial charge in [0.15, 0.2) is 5.65 Å². The van der Waals surface area contributed by atoms with Crippen LogP contribution >= 0.6 is 0 Å². The predicted molar refractivity (Wildman–Crippen MR) is 63.0 cm³/mol. The van der Waals surface area contributed by atoms with Crippen molar-refractivity contribution in [3.05, 3.63) is 23.7 Å². The summed E-state index contributed by atoms with van der Waals surface area (Å²) >= 11 is 0. The van der Waals surface area contributed by atoms with Crippen molar-refractivity contribution in [1.29, 1.82) is 0 Å². The Morgan fingerprint density at radius 1 is 1.53 bits per heavy atom. The zero-order valence-electron chi connectivity index (χ0n) is 10.0. The topological polar surface area (TPSA) is 68.5 Å². The number of carbonyl (C=O) groups is 1. The maximum absolute atomic E-state index is 11.4. The number of methoxy groups -OCH3 is 1. The molecule has 0 aliphatic heterocycles. The molecule has 17 heavy (non-hydrogen) atoms. The summed E-state index contributed by atoms with van der Waals surface area (Å²) in [5.41, 5.74) is 2.44. The second kappa shape index (κ2) is 4.50. The summed E-state index contributed by atoms with van der Waals surface area (Å²) in [6, 6.07) is 1.86. The average Bonchev–Trinajstić information content (AvgIpc) is 2.59. The Kier molecular flexibility index (Phi) is 3.06. The zero-order chi connectivity index (χ0) is 12.4. The second-order valence-corrected chi connectivity index (χ2v) is 3.82. The van der Waals surface area contributed by atoms with Crippen molar-refractivity contribution in [3.8, 4) is 0 Å². The standard InChI is InChI=1S/C11H14N4O2/c1-7-4-9(13-10(16)6-17-3)5-15-11(7)12-8(2)14-15/h4-5H,6H2,1-3H3,(H,13,16). The van der Waals surface area contributed by atoms with E-state index in [9.17, 15) is 4.79 Å². The Morgan fingerprint density at radius 3 is 3.00 bits per heavy atom. The fourth-order valence-electron chi connectivity index (χ4n) is 1.65. The number of nitrogens with one attached hydrogen (secondary N) is 1. The lowest BCUT2D eigenvalue weighted by Gasteiger charge is -2.06. The molecule has 6 nitrogen and oxygen atoms in total. The Hall–Kier alpha value is -1.95. The molecule has 0 aliphatic carbocycles. The third-order valence-electron chi connectivity index (χ3n) is 2.28. The Balaban J connectivity index is 2.33. The van der Waals surface area contributed by atoms with Gasteiger partial charge >= 0.3 is 0 Å². The highest BCUT2D eigenvalue weighted by Crippen LogP contribution is 2.14. The van der Waals surface area contributed by atoms with E-state index in [-0.39, 0.29) is 12.5 Å². The summed E-state index contributed by atoms with van der Waals surface area (Å²) in [5.74, 6) is 0.511. The molecule has 6 heteroatoms. The highest BCUT2D eigenvalue weighted by Gasteiger charge is 2.07. The van der Waals surface area contributed by atoms with E-state index in [0.29, 0.717) is 11.5 Å². The first-order chi connectivity index (χ1) is 8.10. The summed E-state index contributed by atoms with van der Waals surface area (Å²) in [5, 5.41) is 6.94. The molecule has 0 unspecified atom stereocenters. The van der Waals surface area contributed by atoms with Crippen molar-refractivity contribution >= 4 is 17.2 Å². The molecule has 2 aromatic rings. The van der Waals surface area contributed by atoms with E-state index in [2.05, 4.69) is 15.4 Å². The molecule has 0 spiro atoms. The van der Waals surface area contributed by atoms with Crippen LogP contribution in [0.2, 0.25) is 0 Å². The predicted octanol–water partition coefficient (Wildman–Crippen LogP) is 0.931. The maximum Gasteiger partial charge on any atom is 0.250 e. The summed E-state index contributed by atoms with van der Waals surface area (Å²) in [4.78, 5) is 15.7. The van der Waals surface area contributed by atoms with Crippen LogP contribution in [0.1, 0.15) is 11.4 Å². The van der Waals surface area contributed by atoms with Gasteiger partial charge in [0.1, 0.15) is 12.4 Å². The molecule has 1 amide bonds. The SMILES string of the molecule is COCC(=O)Nc1cc(C)c2nc(C)nn2c1. The van der Waals surface area contributed by atoms with E-state index in [1.165, 1.54) is 7.11 Å². The molecule has 0 atom stereocenters. The van der Waals surface area contributed by atoms with Gasteiger partial charge in [-0.2, -0.15) is 5.10 Å². The summed E-state index contributed by atoms with van der Waals surface area (Å²) in [6.45, 7) is 3.79. The van der Waals surface area contributed by atoms with E-state index in [1.54, 1.807) is 10.7 Å². The number of pyridine rings is 1. The molecule has 0 saturated heterocycles. The fourth-order valence-corrected chi connectivity index (χ4v) is 1.65. The second-order valence-electron chi connectivity index (χ2n) is 3.82. The normalized spacial score (nSPS) is 10.8. The third-order valence-corrected chi connectivity index (χ3v) is 2.28. The smallest absolute Gasteiger partial charge is 0.250 e. The van der Waals surface area contributed by atoms with Crippen LogP contribution < -0.4 is 5.32 Å². The quantitative estimate of drug-likeness (QED) is 0.857.